The molecule has 3 heteroatoms. The first-order valence-electron chi connectivity index (χ1n) is 4.48. The zero-order valence-corrected chi connectivity index (χ0v) is 8.13. The minimum Gasteiger partial charge on any atom is -0.358 e. The van der Waals surface area contributed by atoms with E-state index in [-0.39, 0.29) is 0 Å². The molecule has 0 aliphatic carbocycles. The number of aromatic amines is 1. The minimum absolute atomic E-state index is 0.503. The summed E-state index contributed by atoms with van der Waals surface area (Å²) in [4.78, 5) is 11.6. The summed E-state index contributed by atoms with van der Waals surface area (Å²) in [6.45, 7) is 6.32. The van der Waals surface area contributed by atoms with Crippen molar-refractivity contribution in [2.75, 3.05) is 0 Å². The van der Waals surface area contributed by atoms with Gasteiger partial charge in [0.25, 0.3) is 0 Å². The number of aryl methyl sites for hydroxylation is 1. The summed E-state index contributed by atoms with van der Waals surface area (Å²) in [6.07, 6.45) is 3.65. The van der Waals surface area contributed by atoms with Gasteiger partial charge < -0.3 is 4.98 Å². The fourth-order valence-corrected chi connectivity index (χ4v) is 1.52. The lowest BCUT2D eigenvalue weighted by molar-refractivity contribution is 0.872. The minimum atomic E-state index is 0.503. The van der Waals surface area contributed by atoms with Gasteiger partial charge >= 0.3 is 0 Å². The van der Waals surface area contributed by atoms with Crippen molar-refractivity contribution in [2.45, 2.75) is 26.7 Å². The highest BCUT2D eigenvalue weighted by atomic mass is 14.9. The fourth-order valence-electron chi connectivity index (χ4n) is 1.52. The maximum atomic E-state index is 4.28. The lowest BCUT2D eigenvalue weighted by Gasteiger charge is -2.00. The molecule has 13 heavy (non-hydrogen) atoms. The Morgan fingerprint density at radius 1 is 1.31 bits per heavy atom. The Labute approximate surface area is 77.2 Å². The van der Waals surface area contributed by atoms with Crippen LogP contribution in [-0.2, 0) is 0 Å². The Balaban J connectivity index is 2.75. The van der Waals surface area contributed by atoms with E-state index >= 15 is 0 Å². The van der Waals surface area contributed by atoms with Crippen LogP contribution >= 0.6 is 0 Å². The molecule has 0 saturated carbocycles. The summed E-state index contributed by atoms with van der Waals surface area (Å²) in [5, 5.41) is 0. The predicted molar refractivity (Wildman–Crippen MR) is 52.7 cm³/mol. The van der Waals surface area contributed by atoms with Gasteiger partial charge in [-0.3, -0.25) is 0 Å². The molecule has 68 valence electrons. The average molecular weight is 175 g/mol. The van der Waals surface area contributed by atoms with E-state index in [2.05, 4.69) is 28.8 Å². The van der Waals surface area contributed by atoms with Crippen molar-refractivity contribution in [3.63, 3.8) is 0 Å². The van der Waals surface area contributed by atoms with Gasteiger partial charge in [0, 0.05) is 6.20 Å². The van der Waals surface area contributed by atoms with E-state index in [4.69, 9.17) is 0 Å². The van der Waals surface area contributed by atoms with Crippen LogP contribution < -0.4 is 0 Å². The molecule has 0 radical (unpaired) electrons. The second-order valence-electron chi connectivity index (χ2n) is 3.58. The van der Waals surface area contributed by atoms with Crippen LogP contribution in [0.15, 0.2) is 12.5 Å². The maximum Gasteiger partial charge on any atom is 0.116 e. The quantitative estimate of drug-likeness (QED) is 0.723. The van der Waals surface area contributed by atoms with Gasteiger partial charge in [-0.2, -0.15) is 0 Å². The molecule has 2 rings (SSSR count). The van der Waals surface area contributed by atoms with Crippen LogP contribution in [0.3, 0.4) is 0 Å². The number of rotatable bonds is 1. The first-order chi connectivity index (χ1) is 6.20. The zero-order chi connectivity index (χ0) is 9.42. The zero-order valence-electron chi connectivity index (χ0n) is 8.13. The molecule has 0 saturated heterocycles. The summed E-state index contributed by atoms with van der Waals surface area (Å²) in [5.74, 6) is 0.503. The van der Waals surface area contributed by atoms with Crippen LogP contribution in [0.2, 0.25) is 0 Å². The van der Waals surface area contributed by atoms with Crippen LogP contribution in [0.25, 0.3) is 11.0 Å². The van der Waals surface area contributed by atoms with Crippen LogP contribution in [-0.4, -0.2) is 15.0 Å². The SMILES string of the molecule is Cc1ncnc2c(C(C)C)c[nH]c12. The first-order valence-corrected chi connectivity index (χ1v) is 4.48. The number of fused-ring (bicyclic) bond motifs is 1. The second-order valence-corrected chi connectivity index (χ2v) is 3.58. The van der Waals surface area contributed by atoms with Crippen molar-refractivity contribution < 1.29 is 0 Å². The van der Waals surface area contributed by atoms with Gasteiger partial charge in [0.05, 0.1) is 16.7 Å². The third-order valence-electron chi connectivity index (χ3n) is 2.30. The Morgan fingerprint density at radius 3 is 2.77 bits per heavy atom. The molecule has 2 heterocycles. The number of H-pyrrole nitrogens is 1. The summed E-state index contributed by atoms with van der Waals surface area (Å²) in [6, 6.07) is 0. The van der Waals surface area contributed by atoms with Crippen LogP contribution in [0, 0.1) is 6.92 Å². The van der Waals surface area contributed by atoms with Gasteiger partial charge in [-0.15, -0.1) is 0 Å². The topological polar surface area (TPSA) is 41.6 Å². The molecule has 2 aromatic rings. The average Bonchev–Trinajstić information content (AvgIpc) is 2.48. The molecule has 0 atom stereocenters. The molecular weight excluding hydrogens is 162 g/mol. The Hall–Kier alpha value is -1.38. The highest BCUT2D eigenvalue weighted by Gasteiger charge is 2.09. The lowest BCUT2D eigenvalue weighted by atomic mass is 10.1. The first kappa shape index (κ1) is 8.23. The Kier molecular flexibility index (Phi) is 1.79. The van der Waals surface area contributed by atoms with E-state index < -0.39 is 0 Å². The molecule has 2 aromatic heterocycles. The molecule has 0 spiro atoms. The molecule has 3 nitrogen and oxygen atoms in total. The van der Waals surface area contributed by atoms with E-state index in [9.17, 15) is 0 Å². The molecule has 0 aliphatic heterocycles. The molecule has 1 N–H and O–H groups in total. The van der Waals surface area contributed by atoms with Crippen LogP contribution in [0.4, 0.5) is 0 Å². The molecule has 0 aliphatic rings. The predicted octanol–water partition coefficient (Wildman–Crippen LogP) is 2.39. The fraction of sp³-hybridized carbons (Fsp3) is 0.400. The molecule has 0 amide bonds. The van der Waals surface area contributed by atoms with E-state index in [0.717, 1.165) is 16.7 Å². The largest absolute Gasteiger partial charge is 0.358 e. The Morgan fingerprint density at radius 2 is 2.08 bits per heavy atom. The van der Waals surface area contributed by atoms with Gasteiger partial charge in [0.2, 0.25) is 0 Å². The van der Waals surface area contributed by atoms with E-state index in [0.29, 0.717) is 5.92 Å². The monoisotopic (exact) mass is 175 g/mol. The lowest BCUT2D eigenvalue weighted by Crippen LogP contribution is -1.89. The van der Waals surface area contributed by atoms with Gasteiger partial charge in [-0.1, -0.05) is 13.8 Å². The smallest absolute Gasteiger partial charge is 0.116 e. The summed E-state index contributed by atoms with van der Waals surface area (Å²) in [7, 11) is 0. The van der Waals surface area contributed by atoms with Gasteiger partial charge in [-0.25, -0.2) is 9.97 Å². The molecule has 0 unspecified atom stereocenters. The number of hydrogen-bond donors (Lipinski definition) is 1. The van der Waals surface area contributed by atoms with E-state index in [1.54, 1.807) is 6.33 Å². The molecule has 0 aromatic carbocycles. The number of nitrogens with zero attached hydrogens (tertiary/aromatic N) is 2. The highest BCUT2D eigenvalue weighted by Crippen LogP contribution is 2.23. The second kappa shape index (κ2) is 2.83. The summed E-state index contributed by atoms with van der Waals surface area (Å²) < 4.78 is 0. The molecule has 0 bridgehead atoms. The van der Waals surface area contributed by atoms with Crippen LogP contribution in [0.1, 0.15) is 31.0 Å². The normalized spacial score (nSPS) is 11.4. The van der Waals surface area contributed by atoms with Crippen molar-refractivity contribution >= 4 is 11.0 Å². The van der Waals surface area contributed by atoms with Gasteiger partial charge in [0.15, 0.2) is 0 Å². The van der Waals surface area contributed by atoms with Crippen molar-refractivity contribution in [3.05, 3.63) is 23.8 Å². The van der Waals surface area contributed by atoms with Gasteiger partial charge in [0.1, 0.15) is 6.33 Å². The van der Waals surface area contributed by atoms with E-state index in [1.807, 2.05) is 13.1 Å². The van der Waals surface area contributed by atoms with Crippen LogP contribution in [0.5, 0.6) is 0 Å². The van der Waals surface area contributed by atoms with Gasteiger partial charge in [-0.05, 0) is 18.4 Å². The van der Waals surface area contributed by atoms with Crippen molar-refractivity contribution in [2.24, 2.45) is 0 Å². The highest BCUT2D eigenvalue weighted by molar-refractivity contribution is 5.80. The molecular formula is C10H13N3. The standard InChI is InChI=1S/C10H13N3/c1-6(2)8-4-11-9-7(3)12-5-13-10(8)9/h4-6,11H,1-3H3. The third-order valence-corrected chi connectivity index (χ3v) is 2.30. The summed E-state index contributed by atoms with van der Waals surface area (Å²) >= 11 is 0. The Bertz CT molecular complexity index is 429. The maximum absolute atomic E-state index is 4.28. The molecule has 0 fully saturated rings. The van der Waals surface area contributed by atoms with Crippen molar-refractivity contribution in [3.8, 4) is 0 Å². The number of hydrogen-bond acceptors (Lipinski definition) is 2. The number of aromatic nitrogens is 3. The van der Waals surface area contributed by atoms with E-state index in [1.165, 1.54) is 5.56 Å². The number of nitrogens with one attached hydrogen (secondary N) is 1. The van der Waals surface area contributed by atoms with Crippen molar-refractivity contribution in [1.82, 2.24) is 15.0 Å². The van der Waals surface area contributed by atoms with Crippen molar-refractivity contribution in [1.29, 1.82) is 0 Å². The third kappa shape index (κ3) is 1.20. The summed E-state index contributed by atoms with van der Waals surface area (Å²) in [5.41, 5.74) is 4.39.